The van der Waals surface area contributed by atoms with E-state index in [1.165, 1.54) is 5.56 Å². The molecule has 288 valence electrons. The van der Waals surface area contributed by atoms with Crippen LogP contribution in [0.25, 0.3) is 101 Å². The van der Waals surface area contributed by atoms with Gasteiger partial charge in [-0.1, -0.05) is 194 Å². The van der Waals surface area contributed by atoms with Crippen molar-refractivity contribution in [1.29, 1.82) is 0 Å². The van der Waals surface area contributed by atoms with E-state index < -0.39 is 0 Å². The summed E-state index contributed by atoms with van der Waals surface area (Å²) in [6, 6.07) is 76.8. The fourth-order valence-electron chi connectivity index (χ4n) is 8.30. The zero-order valence-electron chi connectivity index (χ0n) is 33.8. The maximum Gasteiger partial charge on any atom is 0.0794 e. The molecule has 0 spiro atoms. The fraction of sp³-hybridized carbons (Fsp3) is 0.0172. The second kappa shape index (κ2) is 16.7. The highest BCUT2D eigenvalue weighted by molar-refractivity contribution is 5.98. The van der Waals surface area contributed by atoms with Gasteiger partial charge in [-0.15, -0.1) is 0 Å². The van der Waals surface area contributed by atoms with Gasteiger partial charge in [0.1, 0.15) is 0 Å². The molecule has 0 aliphatic carbocycles. The number of aryl methyl sites for hydroxylation is 1. The van der Waals surface area contributed by atoms with Gasteiger partial charge in [-0.05, 0) is 75.7 Å². The Morgan fingerprint density at radius 1 is 0.262 bits per heavy atom. The molecule has 0 bridgehead atoms. The van der Waals surface area contributed by atoms with Gasteiger partial charge in [0, 0.05) is 51.3 Å². The van der Waals surface area contributed by atoms with Crippen molar-refractivity contribution in [3.05, 3.63) is 236 Å². The maximum absolute atomic E-state index is 5.52. The standard InChI is InChI=1S/C58H41N3/c1-40-36-57(44-24-12-5-13-25-44)60-39-54(40)51-29-17-14-26-47(51)45-30-32-52(58-49(41-18-6-2-7-19-41)33-35-56(61-58)43-22-10-4-11-23-43)53(37-45)50-28-16-15-27-48(50)46-31-34-55(59-38-46)42-20-8-3-9-21-42/h2-39H,1H3. The number of rotatable bonds is 9. The van der Waals surface area contributed by atoms with Crippen LogP contribution in [0, 0.1) is 6.92 Å². The zero-order chi connectivity index (χ0) is 41.0. The van der Waals surface area contributed by atoms with Crippen molar-refractivity contribution >= 4 is 0 Å². The minimum absolute atomic E-state index is 0.922. The summed E-state index contributed by atoms with van der Waals surface area (Å²) in [5.74, 6) is 0. The Morgan fingerprint density at radius 3 is 1.31 bits per heavy atom. The Bertz CT molecular complexity index is 3110. The van der Waals surface area contributed by atoms with Gasteiger partial charge >= 0.3 is 0 Å². The van der Waals surface area contributed by atoms with Crippen LogP contribution in [-0.4, -0.2) is 15.0 Å². The average Bonchev–Trinajstić information content (AvgIpc) is 3.35. The van der Waals surface area contributed by atoms with Crippen LogP contribution in [-0.2, 0) is 0 Å². The number of pyridine rings is 3. The molecule has 7 aromatic carbocycles. The number of hydrogen-bond acceptors (Lipinski definition) is 3. The molecule has 0 atom stereocenters. The molecular weight excluding hydrogens is 739 g/mol. The minimum Gasteiger partial charge on any atom is -0.256 e. The topological polar surface area (TPSA) is 38.7 Å². The van der Waals surface area contributed by atoms with Crippen molar-refractivity contribution in [2.24, 2.45) is 0 Å². The summed E-state index contributed by atoms with van der Waals surface area (Å²) >= 11 is 0. The molecule has 3 nitrogen and oxygen atoms in total. The molecule has 0 saturated carbocycles. The van der Waals surface area contributed by atoms with Crippen LogP contribution >= 0.6 is 0 Å². The Kier molecular flexibility index (Phi) is 10.2. The molecule has 0 unspecified atom stereocenters. The summed E-state index contributed by atoms with van der Waals surface area (Å²) in [6.45, 7) is 2.18. The van der Waals surface area contributed by atoms with Gasteiger partial charge in [-0.3, -0.25) is 9.97 Å². The monoisotopic (exact) mass is 779 g/mol. The van der Waals surface area contributed by atoms with E-state index >= 15 is 0 Å². The Hall–Kier alpha value is -8.01. The van der Waals surface area contributed by atoms with E-state index in [9.17, 15) is 0 Å². The van der Waals surface area contributed by atoms with Crippen molar-refractivity contribution in [2.45, 2.75) is 6.92 Å². The first-order valence-electron chi connectivity index (χ1n) is 20.7. The van der Waals surface area contributed by atoms with Crippen LogP contribution in [0.15, 0.2) is 231 Å². The minimum atomic E-state index is 0.922. The van der Waals surface area contributed by atoms with Crippen molar-refractivity contribution in [1.82, 2.24) is 15.0 Å². The van der Waals surface area contributed by atoms with Gasteiger partial charge in [-0.25, -0.2) is 4.98 Å². The fourth-order valence-corrected chi connectivity index (χ4v) is 8.30. The Labute approximate surface area is 357 Å². The second-order valence-electron chi connectivity index (χ2n) is 15.2. The lowest BCUT2D eigenvalue weighted by Gasteiger charge is -2.20. The third-order valence-electron chi connectivity index (χ3n) is 11.4. The van der Waals surface area contributed by atoms with E-state index in [1.54, 1.807) is 0 Å². The molecule has 3 aromatic heterocycles. The molecule has 0 amide bonds. The number of nitrogens with zero attached hydrogens (tertiary/aromatic N) is 3. The second-order valence-corrected chi connectivity index (χ2v) is 15.2. The molecule has 0 fully saturated rings. The van der Waals surface area contributed by atoms with Crippen molar-refractivity contribution in [3.8, 4) is 101 Å². The van der Waals surface area contributed by atoms with Gasteiger partial charge < -0.3 is 0 Å². The van der Waals surface area contributed by atoms with Crippen LogP contribution in [0.1, 0.15) is 5.56 Å². The van der Waals surface area contributed by atoms with Crippen LogP contribution in [0.2, 0.25) is 0 Å². The summed E-state index contributed by atoms with van der Waals surface area (Å²) in [5, 5.41) is 0. The average molecular weight is 780 g/mol. The quantitative estimate of drug-likeness (QED) is 0.146. The van der Waals surface area contributed by atoms with Crippen LogP contribution < -0.4 is 0 Å². The van der Waals surface area contributed by atoms with Crippen molar-refractivity contribution in [2.75, 3.05) is 0 Å². The van der Waals surface area contributed by atoms with Gasteiger partial charge in [0.25, 0.3) is 0 Å². The highest BCUT2D eigenvalue weighted by Gasteiger charge is 2.21. The lowest BCUT2D eigenvalue weighted by atomic mass is 9.85. The maximum atomic E-state index is 5.52. The highest BCUT2D eigenvalue weighted by Crippen LogP contribution is 2.45. The summed E-state index contributed by atoms with van der Waals surface area (Å²) in [5.41, 5.74) is 20.2. The summed E-state index contributed by atoms with van der Waals surface area (Å²) in [4.78, 5) is 15.4. The Balaban J connectivity index is 1.18. The van der Waals surface area contributed by atoms with Gasteiger partial charge in [0.15, 0.2) is 0 Å². The van der Waals surface area contributed by atoms with E-state index in [1.807, 2.05) is 30.6 Å². The predicted molar refractivity (Wildman–Crippen MR) is 253 cm³/mol. The third-order valence-corrected chi connectivity index (χ3v) is 11.4. The normalized spacial score (nSPS) is 11.0. The van der Waals surface area contributed by atoms with E-state index in [-0.39, 0.29) is 0 Å². The van der Waals surface area contributed by atoms with Crippen molar-refractivity contribution in [3.63, 3.8) is 0 Å². The molecular formula is C58H41N3. The molecule has 0 aliphatic rings. The lowest BCUT2D eigenvalue weighted by Crippen LogP contribution is -1.97. The predicted octanol–water partition coefficient (Wildman–Crippen LogP) is 15.2. The van der Waals surface area contributed by atoms with E-state index in [0.29, 0.717) is 0 Å². The van der Waals surface area contributed by atoms with Crippen molar-refractivity contribution < 1.29 is 0 Å². The highest BCUT2D eigenvalue weighted by atomic mass is 14.7. The van der Waals surface area contributed by atoms with Gasteiger partial charge in [0.05, 0.1) is 22.8 Å². The van der Waals surface area contributed by atoms with E-state index in [0.717, 1.165) is 101 Å². The largest absolute Gasteiger partial charge is 0.256 e. The van der Waals surface area contributed by atoms with Gasteiger partial charge in [-0.2, -0.15) is 0 Å². The molecule has 61 heavy (non-hydrogen) atoms. The van der Waals surface area contributed by atoms with Crippen LogP contribution in [0.4, 0.5) is 0 Å². The number of benzene rings is 7. The Morgan fingerprint density at radius 2 is 0.721 bits per heavy atom. The summed E-state index contributed by atoms with van der Waals surface area (Å²) in [6.07, 6.45) is 4.02. The van der Waals surface area contributed by atoms with E-state index in [2.05, 4.69) is 207 Å². The SMILES string of the molecule is Cc1cc(-c2ccccc2)ncc1-c1ccccc1-c1ccc(-c2nc(-c3ccccc3)ccc2-c2ccccc2)c(-c2ccccc2-c2ccc(-c3ccccc3)nc2)c1. The molecule has 0 N–H and O–H groups in total. The first kappa shape index (κ1) is 37.3. The zero-order valence-corrected chi connectivity index (χ0v) is 33.8. The molecule has 10 aromatic rings. The molecule has 10 rings (SSSR count). The first-order valence-corrected chi connectivity index (χ1v) is 20.7. The third kappa shape index (κ3) is 7.57. The summed E-state index contributed by atoms with van der Waals surface area (Å²) in [7, 11) is 0. The molecule has 0 aliphatic heterocycles. The van der Waals surface area contributed by atoms with Gasteiger partial charge in [0.2, 0.25) is 0 Å². The van der Waals surface area contributed by atoms with Crippen LogP contribution in [0.5, 0.6) is 0 Å². The lowest BCUT2D eigenvalue weighted by molar-refractivity contribution is 1.29. The number of hydrogen-bond donors (Lipinski definition) is 0. The summed E-state index contributed by atoms with van der Waals surface area (Å²) < 4.78 is 0. The molecule has 0 radical (unpaired) electrons. The van der Waals surface area contributed by atoms with Crippen LogP contribution in [0.3, 0.4) is 0 Å². The molecule has 3 heterocycles. The van der Waals surface area contributed by atoms with E-state index in [4.69, 9.17) is 15.0 Å². The number of aromatic nitrogens is 3. The molecule has 0 saturated heterocycles. The molecule has 3 heteroatoms. The smallest absolute Gasteiger partial charge is 0.0794 e. The first-order chi connectivity index (χ1) is 30.2.